The molecule has 0 bridgehead atoms. The standard InChI is InChI=1S/C15H18O3/c1-10-4-3-5-12-8-13(18-14(10)12)15(16)6-7-17-9-11(15)2/h3-5,8,11,16H,6-7,9H2,1-2H3. The van der Waals surface area contributed by atoms with Gasteiger partial charge in [-0.2, -0.15) is 0 Å². The van der Waals surface area contributed by atoms with Gasteiger partial charge in [0.2, 0.25) is 0 Å². The molecule has 0 spiro atoms. The predicted octanol–water partition coefficient (Wildman–Crippen LogP) is 2.99. The SMILES string of the molecule is Cc1cccc2cc(C3(O)CCOCC3C)oc12. The van der Waals surface area contributed by atoms with E-state index in [1.165, 1.54) is 0 Å². The Labute approximate surface area is 106 Å². The highest BCUT2D eigenvalue weighted by molar-refractivity contribution is 5.81. The summed E-state index contributed by atoms with van der Waals surface area (Å²) in [4.78, 5) is 0. The number of para-hydroxylation sites is 1. The Kier molecular flexibility index (Phi) is 2.68. The van der Waals surface area contributed by atoms with Gasteiger partial charge in [-0.1, -0.05) is 25.1 Å². The normalized spacial score (nSPS) is 28.7. The van der Waals surface area contributed by atoms with Crippen LogP contribution in [0.2, 0.25) is 0 Å². The predicted molar refractivity (Wildman–Crippen MR) is 69.4 cm³/mol. The maximum absolute atomic E-state index is 10.8. The van der Waals surface area contributed by atoms with Crippen molar-refractivity contribution in [2.24, 2.45) is 5.92 Å². The quantitative estimate of drug-likeness (QED) is 0.841. The van der Waals surface area contributed by atoms with Gasteiger partial charge in [-0.25, -0.2) is 0 Å². The van der Waals surface area contributed by atoms with Crippen LogP contribution in [0, 0.1) is 12.8 Å². The smallest absolute Gasteiger partial charge is 0.137 e. The minimum Gasteiger partial charge on any atom is -0.458 e. The van der Waals surface area contributed by atoms with Gasteiger partial charge in [-0.3, -0.25) is 0 Å². The largest absolute Gasteiger partial charge is 0.458 e. The average molecular weight is 246 g/mol. The number of hydrogen-bond donors (Lipinski definition) is 1. The fraction of sp³-hybridized carbons (Fsp3) is 0.467. The van der Waals surface area contributed by atoms with E-state index in [2.05, 4.69) is 0 Å². The first-order chi connectivity index (χ1) is 8.61. The topological polar surface area (TPSA) is 42.6 Å². The Balaban J connectivity index is 2.11. The second kappa shape index (κ2) is 4.11. The number of aryl methyl sites for hydroxylation is 1. The Hall–Kier alpha value is -1.32. The maximum atomic E-state index is 10.8. The zero-order valence-electron chi connectivity index (χ0n) is 10.8. The molecule has 1 aliphatic heterocycles. The van der Waals surface area contributed by atoms with Crippen LogP contribution in [-0.4, -0.2) is 18.3 Å². The fourth-order valence-corrected chi connectivity index (χ4v) is 2.66. The molecule has 2 atom stereocenters. The van der Waals surface area contributed by atoms with Crippen molar-refractivity contribution in [2.45, 2.75) is 25.9 Å². The van der Waals surface area contributed by atoms with Gasteiger partial charge in [-0.15, -0.1) is 0 Å². The minimum absolute atomic E-state index is 0.0483. The zero-order chi connectivity index (χ0) is 12.8. The van der Waals surface area contributed by atoms with Gasteiger partial charge in [0.25, 0.3) is 0 Å². The molecular formula is C15H18O3. The summed E-state index contributed by atoms with van der Waals surface area (Å²) in [6.45, 7) is 5.18. The number of ether oxygens (including phenoxy) is 1. The van der Waals surface area contributed by atoms with Crippen LogP contribution in [0.25, 0.3) is 11.0 Å². The Morgan fingerprint density at radius 2 is 2.22 bits per heavy atom. The van der Waals surface area contributed by atoms with Crippen molar-refractivity contribution in [1.29, 1.82) is 0 Å². The van der Waals surface area contributed by atoms with Gasteiger partial charge in [-0.05, 0) is 18.6 Å². The molecule has 0 saturated carbocycles. The lowest BCUT2D eigenvalue weighted by molar-refractivity contribution is -0.122. The molecule has 0 amide bonds. The molecule has 2 aromatic rings. The fourth-order valence-electron chi connectivity index (χ4n) is 2.66. The minimum atomic E-state index is -0.899. The molecule has 0 aliphatic carbocycles. The molecule has 1 N–H and O–H groups in total. The van der Waals surface area contributed by atoms with Gasteiger partial charge >= 0.3 is 0 Å². The Bertz CT molecular complexity index is 572. The van der Waals surface area contributed by atoms with Crippen molar-refractivity contribution in [3.05, 3.63) is 35.6 Å². The molecule has 3 rings (SSSR count). The van der Waals surface area contributed by atoms with Gasteiger partial charge in [0.05, 0.1) is 6.61 Å². The van der Waals surface area contributed by atoms with Crippen LogP contribution >= 0.6 is 0 Å². The molecule has 1 aromatic heterocycles. The number of aliphatic hydroxyl groups is 1. The highest BCUT2D eigenvalue weighted by Gasteiger charge is 2.41. The van der Waals surface area contributed by atoms with E-state index >= 15 is 0 Å². The molecule has 1 aromatic carbocycles. The molecule has 2 heterocycles. The number of hydrogen-bond acceptors (Lipinski definition) is 3. The van der Waals surface area contributed by atoms with Crippen LogP contribution in [0.15, 0.2) is 28.7 Å². The van der Waals surface area contributed by atoms with E-state index < -0.39 is 5.60 Å². The van der Waals surface area contributed by atoms with Crippen molar-refractivity contribution in [3.8, 4) is 0 Å². The van der Waals surface area contributed by atoms with Crippen LogP contribution in [0.1, 0.15) is 24.7 Å². The molecule has 1 fully saturated rings. The third kappa shape index (κ3) is 1.66. The van der Waals surface area contributed by atoms with E-state index in [0.29, 0.717) is 25.4 Å². The van der Waals surface area contributed by atoms with Crippen LogP contribution in [-0.2, 0) is 10.3 Å². The van der Waals surface area contributed by atoms with Crippen molar-refractivity contribution in [1.82, 2.24) is 0 Å². The highest BCUT2D eigenvalue weighted by Crippen LogP contribution is 2.39. The lowest BCUT2D eigenvalue weighted by atomic mass is 9.82. The molecule has 0 radical (unpaired) electrons. The number of benzene rings is 1. The first kappa shape index (κ1) is 11.8. The summed E-state index contributed by atoms with van der Waals surface area (Å²) in [5, 5.41) is 11.9. The number of furan rings is 1. The van der Waals surface area contributed by atoms with Gasteiger partial charge < -0.3 is 14.3 Å². The van der Waals surface area contributed by atoms with Crippen molar-refractivity contribution < 1.29 is 14.3 Å². The molecule has 1 aliphatic rings. The third-order valence-electron chi connectivity index (χ3n) is 3.98. The van der Waals surface area contributed by atoms with Crippen LogP contribution in [0.3, 0.4) is 0 Å². The summed E-state index contributed by atoms with van der Waals surface area (Å²) in [7, 11) is 0. The Morgan fingerprint density at radius 3 is 2.94 bits per heavy atom. The van der Waals surface area contributed by atoms with Crippen molar-refractivity contribution in [3.63, 3.8) is 0 Å². The summed E-state index contributed by atoms with van der Waals surface area (Å²) in [6.07, 6.45) is 0.590. The molecule has 3 heteroatoms. The van der Waals surface area contributed by atoms with E-state index in [1.54, 1.807) is 0 Å². The summed E-state index contributed by atoms with van der Waals surface area (Å²) in [5.74, 6) is 0.717. The third-order valence-corrected chi connectivity index (χ3v) is 3.98. The first-order valence-electron chi connectivity index (χ1n) is 6.41. The van der Waals surface area contributed by atoms with E-state index in [0.717, 1.165) is 16.5 Å². The summed E-state index contributed by atoms with van der Waals surface area (Å²) < 4.78 is 11.3. The zero-order valence-corrected chi connectivity index (χ0v) is 10.8. The molecule has 3 nitrogen and oxygen atoms in total. The lowest BCUT2D eigenvalue weighted by Gasteiger charge is -2.36. The summed E-state index contributed by atoms with van der Waals surface area (Å²) in [6, 6.07) is 8.01. The summed E-state index contributed by atoms with van der Waals surface area (Å²) in [5.41, 5.74) is 1.07. The van der Waals surface area contributed by atoms with Crippen LogP contribution in [0.4, 0.5) is 0 Å². The second-order valence-electron chi connectivity index (χ2n) is 5.25. The van der Waals surface area contributed by atoms with E-state index in [1.807, 2.05) is 38.1 Å². The van der Waals surface area contributed by atoms with Crippen LogP contribution in [0.5, 0.6) is 0 Å². The second-order valence-corrected chi connectivity index (χ2v) is 5.25. The van der Waals surface area contributed by atoms with Crippen molar-refractivity contribution >= 4 is 11.0 Å². The molecule has 18 heavy (non-hydrogen) atoms. The van der Waals surface area contributed by atoms with Gasteiger partial charge in [0.15, 0.2) is 0 Å². The van der Waals surface area contributed by atoms with E-state index in [-0.39, 0.29) is 5.92 Å². The molecule has 1 saturated heterocycles. The maximum Gasteiger partial charge on any atom is 0.137 e. The van der Waals surface area contributed by atoms with Gasteiger partial charge in [0.1, 0.15) is 16.9 Å². The lowest BCUT2D eigenvalue weighted by Crippen LogP contribution is -2.41. The van der Waals surface area contributed by atoms with Crippen LogP contribution < -0.4 is 0 Å². The molecular weight excluding hydrogens is 228 g/mol. The van der Waals surface area contributed by atoms with Crippen molar-refractivity contribution in [2.75, 3.05) is 13.2 Å². The molecule has 2 unspecified atom stereocenters. The highest BCUT2D eigenvalue weighted by atomic mass is 16.5. The van der Waals surface area contributed by atoms with E-state index in [9.17, 15) is 5.11 Å². The number of rotatable bonds is 1. The summed E-state index contributed by atoms with van der Waals surface area (Å²) >= 11 is 0. The first-order valence-corrected chi connectivity index (χ1v) is 6.41. The number of fused-ring (bicyclic) bond motifs is 1. The van der Waals surface area contributed by atoms with Gasteiger partial charge in [0, 0.05) is 24.3 Å². The monoisotopic (exact) mass is 246 g/mol. The van der Waals surface area contributed by atoms with E-state index in [4.69, 9.17) is 9.15 Å². The molecule has 96 valence electrons. The average Bonchev–Trinajstić information content (AvgIpc) is 2.79. The Morgan fingerprint density at radius 1 is 1.39 bits per heavy atom.